The lowest BCUT2D eigenvalue weighted by molar-refractivity contribution is -0.116. The van der Waals surface area contributed by atoms with E-state index >= 15 is 0 Å². The topological polar surface area (TPSA) is 67.6 Å². The van der Waals surface area contributed by atoms with Crippen molar-refractivity contribution in [1.82, 2.24) is 0 Å². The van der Waals surface area contributed by atoms with Gasteiger partial charge in [0.2, 0.25) is 5.91 Å². The van der Waals surface area contributed by atoms with Gasteiger partial charge in [0, 0.05) is 25.2 Å². The quantitative estimate of drug-likeness (QED) is 0.894. The Bertz CT molecular complexity index is 455. The van der Waals surface area contributed by atoms with Crippen molar-refractivity contribution in [3.05, 3.63) is 18.2 Å². The van der Waals surface area contributed by atoms with E-state index in [1.807, 2.05) is 32.2 Å². The van der Waals surface area contributed by atoms with E-state index in [1.54, 1.807) is 0 Å². The molecule has 0 spiro atoms. The number of halogens is 2. The number of anilines is 2. The van der Waals surface area contributed by atoms with Crippen LogP contribution >= 0.6 is 24.8 Å². The Kier molecular flexibility index (Phi) is 7.71. The molecule has 7 heteroatoms. The summed E-state index contributed by atoms with van der Waals surface area (Å²) in [7, 11) is 2.01. The van der Waals surface area contributed by atoms with Gasteiger partial charge in [0.15, 0.2) is 0 Å². The maximum Gasteiger partial charge on any atom is 0.225 e. The average Bonchev–Trinajstić information content (AvgIpc) is 2.29. The molecule has 0 aromatic heterocycles. The molecule has 1 atom stereocenters. The summed E-state index contributed by atoms with van der Waals surface area (Å²) in [5.74, 6) is 0.790. The zero-order valence-corrected chi connectivity index (χ0v) is 13.2. The number of hydrogen-bond donors (Lipinski definition) is 2. The zero-order valence-electron chi connectivity index (χ0n) is 11.6. The molecule has 2 rings (SSSR count). The number of rotatable bonds is 3. The molecule has 1 heterocycles. The largest absolute Gasteiger partial charge is 0.490 e. The number of fused-ring (bicyclic) bond motifs is 1. The van der Waals surface area contributed by atoms with E-state index in [1.165, 1.54) is 0 Å². The minimum absolute atomic E-state index is 0. The molecule has 3 N–H and O–H groups in total. The number of nitrogens with zero attached hydrogens (tertiary/aromatic N) is 1. The van der Waals surface area contributed by atoms with E-state index < -0.39 is 0 Å². The molecule has 1 aliphatic rings. The van der Waals surface area contributed by atoms with Crippen molar-refractivity contribution in [2.75, 3.05) is 30.4 Å². The highest BCUT2D eigenvalue weighted by molar-refractivity contribution is 5.92. The highest BCUT2D eigenvalue weighted by atomic mass is 35.5. The molecular weight excluding hydrogens is 301 g/mol. The highest BCUT2D eigenvalue weighted by Crippen LogP contribution is 2.33. The number of benzene rings is 1. The van der Waals surface area contributed by atoms with E-state index in [0.29, 0.717) is 13.0 Å². The molecule has 0 radical (unpaired) electrons. The number of likely N-dealkylation sites (N-methyl/N-ethyl adjacent to an activating group) is 1. The summed E-state index contributed by atoms with van der Waals surface area (Å²) in [6.07, 6.45) is 0.323. The molecule has 114 valence electrons. The molecule has 0 bridgehead atoms. The Morgan fingerprint density at radius 3 is 2.85 bits per heavy atom. The summed E-state index contributed by atoms with van der Waals surface area (Å²) in [6, 6.07) is 5.52. The summed E-state index contributed by atoms with van der Waals surface area (Å²) in [5, 5.41) is 2.84. The first kappa shape index (κ1) is 18.8. The van der Waals surface area contributed by atoms with Gasteiger partial charge in [-0.15, -0.1) is 24.8 Å². The van der Waals surface area contributed by atoms with Crippen LogP contribution in [0.25, 0.3) is 0 Å². The van der Waals surface area contributed by atoms with Crippen LogP contribution in [0.2, 0.25) is 0 Å². The van der Waals surface area contributed by atoms with E-state index in [0.717, 1.165) is 23.7 Å². The van der Waals surface area contributed by atoms with Crippen LogP contribution in [-0.2, 0) is 4.79 Å². The molecule has 1 aromatic rings. The van der Waals surface area contributed by atoms with Gasteiger partial charge >= 0.3 is 0 Å². The third kappa shape index (κ3) is 4.74. The number of nitrogens with two attached hydrogens (primary N) is 1. The summed E-state index contributed by atoms with van der Waals surface area (Å²) >= 11 is 0. The monoisotopic (exact) mass is 321 g/mol. The molecule has 0 saturated heterocycles. The first-order chi connectivity index (χ1) is 8.56. The van der Waals surface area contributed by atoms with Crippen molar-refractivity contribution < 1.29 is 9.53 Å². The van der Waals surface area contributed by atoms with E-state index in [4.69, 9.17) is 10.5 Å². The molecule has 1 aromatic carbocycles. The lowest BCUT2D eigenvalue weighted by Gasteiger charge is -2.28. The Labute approximate surface area is 131 Å². The summed E-state index contributed by atoms with van der Waals surface area (Å²) in [5.41, 5.74) is 7.37. The average molecular weight is 322 g/mol. The second kappa shape index (κ2) is 8.19. The molecule has 1 amide bonds. The number of nitrogens with one attached hydrogen (secondary N) is 1. The maximum absolute atomic E-state index is 11.6. The van der Waals surface area contributed by atoms with Crippen LogP contribution in [-0.4, -0.2) is 32.1 Å². The SMILES string of the molecule is CC(N)CC(=O)Nc1ccc2c(c1)N(C)CCO2.Cl.Cl. The third-order valence-electron chi connectivity index (χ3n) is 2.85. The summed E-state index contributed by atoms with van der Waals surface area (Å²) in [4.78, 5) is 13.7. The fourth-order valence-corrected chi connectivity index (χ4v) is 1.93. The van der Waals surface area contributed by atoms with Gasteiger partial charge in [0.1, 0.15) is 12.4 Å². The highest BCUT2D eigenvalue weighted by Gasteiger charge is 2.15. The third-order valence-corrected chi connectivity index (χ3v) is 2.85. The van der Waals surface area contributed by atoms with Crippen molar-refractivity contribution >= 4 is 42.1 Å². The van der Waals surface area contributed by atoms with Gasteiger partial charge in [-0.2, -0.15) is 0 Å². The number of carbonyl (C=O) groups excluding carboxylic acids is 1. The molecule has 1 aliphatic heterocycles. The Morgan fingerprint density at radius 2 is 2.20 bits per heavy atom. The van der Waals surface area contributed by atoms with Gasteiger partial charge in [-0.3, -0.25) is 4.79 Å². The van der Waals surface area contributed by atoms with Crippen LogP contribution in [0.15, 0.2) is 18.2 Å². The Morgan fingerprint density at radius 1 is 1.50 bits per heavy atom. The minimum Gasteiger partial charge on any atom is -0.490 e. The van der Waals surface area contributed by atoms with E-state index in [2.05, 4.69) is 10.2 Å². The number of amides is 1. The van der Waals surface area contributed by atoms with E-state index in [9.17, 15) is 4.79 Å². The van der Waals surface area contributed by atoms with Gasteiger partial charge in [-0.25, -0.2) is 0 Å². The summed E-state index contributed by atoms with van der Waals surface area (Å²) < 4.78 is 5.54. The molecular formula is C13H21Cl2N3O2. The Balaban J connectivity index is 0.00000180. The van der Waals surface area contributed by atoms with Crippen LogP contribution in [0.4, 0.5) is 11.4 Å². The van der Waals surface area contributed by atoms with Crippen LogP contribution in [0, 0.1) is 0 Å². The van der Waals surface area contributed by atoms with Gasteiger partial charge in [-0.05, 0) is 25.1 Å². The van der Waals surface area contributed by atoms with Crippen molar-refractivity contribution in [2.24, 2.45) is 5.73 Å². The zero-order chi connectivity index (χ0) is 13.1. The van der Waals surface area contributed by atoms with Gasteiger partial charge in [0.25, 0.3) is 0 Å². The maximum atomic E-state index is 11.6. The first-order valence-corrected chi connectivity index (χ1v) is 6.09. The van der Waals surface area contributed by atoms with Crippen molar-refractivity contribution in [2.45, 2.75) is 19.4 Å². The fraction of sp³-hybridized carbons (Fsp3) is 0.462. The predicted molar refractivity (Wildman–Crippen MR) is 86.6 cm³/mol. The molecule has 1 unspecified atom stereocenters. The number of hydrogen-bond acceptors (Lipinski definition) is 4. The molecule has 20 heavy (non-hydrogen) atoms. The number of ether oxygens (including phenoxy) is 1. The number of carbonyl (C=O) groups is 1. The van der Waals surface area contributed by atoms with Crippen molar-refractivity contribution in [1.29, 1.82) is 0 Å². The normalized spacial score (nSPS) is 14.1. The fourth-order valence-electron chi connectivity index (χ4n) is 1.93. The summed E-state index contributed by atoms with van der Waals surface area (Å²) in [6.45, 7) is 3.36. The lowest BCUT2D eigenvalue weighted by atomic mass is 10.2. The molecule has 0 aliphatic carbocycles. The van der Waals surface area contributed by atoms with Crippen LogP contribution in [0.3, 0.4) is 0 Å². The van der Waals surface area contributed by atoms with E-state index in [-0.39, 0.29) is 36.8 Å². The lowest BCUT2D eigenvalue weighted by Crippen LogP contribution is -2.29. The predicted octanol–water partition coefficient (Wildman–Crippen LogP) is 2.03. The standard InChI is InChI=1S/C13H19N3O2.2ClH/c1-9(14)7-13(17)15-10-3-4-12-11(8-10)16(2)5-6-18-12;;/h3-4,8-9H,5-7,14H2,1-2H3,(H,15,17);2*1H. The van der Waals surface area contributed by atoms with Gasteiger partial charge in [-0.1, -0.05) is 0 Å². The van der Waals surface area contributed by atoms with Crippen molar-refractivity contribution in [3.8, 4) is 5.75 Å². The minimum atomic E-state index is -0.131. The smallest absolute Gasteiger partial charge is 0.225 e. The van der Waals surface area contributed by atoms with Crippen LogP contribution < -0.4 is 20.7 Å². The van der Waals surface area contributed by atoms with Crippen LogP contribution in [0.1, 0.15) is 13.3 Å². The Hall–Kier alpha value is -1.17. The second-order valence-corrected chi connectivity index (χ2v) is 4.68. The molecule has 0 saturated carbocycles. The molecule has 5 nitrogen and oxygen atoms in total. The first-order valence-electron chi connectivity index (χ1n) is 6.09. The van der Waals surface area contributed by atoms with Crippen molar-refractivity contribution in [3.63, 3.8) is 0 Å². The molecule has 0 fully saturated rings. The van der Waals surface area contributed by atoms with Gasteiger partial charge in [0.05, 0.1) is 12.2 Å². The second-order valence-electron chi connectivity index (χ2n) is 4.68. The van der Waals surface area contributed by atoms with Gasteiger partial charge < -0.3 is 20.7 Å². The van der Waals surface area contributed by atoms with Crippen LogP contribution in [0.5, 0.6) is 5.75 Å².